The first-order valence-electron chi connectivity index (χ1n) is 4.53. The molecule has 0 aliphatic heterocycles. The van der Waals surface area contributed by atoms with Gasteiger partial charge in [-0.25, -0.2) is 0 Å². The zero-order valence-corrected chi connectivity index (χ0v) is 8.79. The van der Waals surface area contributed by atoms with Crippen molar-refractivity contribution in [2.45, 2.75) is 6.61 Å². The van der Waals surface area contributed by atoms with Crippen molar-refractivity contribution in [3.63, 3.8) is 0 Å². The van der Waals surface area contributed by atoms with E-state index in [4.69, 9.17) is 10.4 Å². The Balaban J connectivity index is 2.59. The van der Waals surface area contributed by atoms with Gasteiger partial charge in [0.15, 0.2) is 0 Å². The molecule has 0 amide bonds. The lowest BCUT2D eigenvalue weighted by Crippen LogP contribution is -1.86. The van der Waals surface area contributed by atoms with E-state index < -0.39 is 0 Å². The summed E-state index contributed by atoms with van der Waals surface area (Å²) in [6.07, 6.45) is 0. The average Bonchev–Trinajstić information content (AvgIpc) is 2.76. The molecule has 0 saturated heterocycles. The van der Waals surface area contributed by atoms with Gasteiger partial charge in [-0.05, 0) is 23.1 Å². The van der Waals surface area contributed by atoms with E-state index in [9.17, 15) is 0 Å². The number of nitriles is 1. The van der Waals surface area contributed by atoms with Gasteiger partial charge in [0.05, 0.1) is 18.2 Å². The van der Waals surface area contributed by atoms with Gasteiger partial charge in [0.1, 0.15) is 0 Å². The fraction of sp³-hybridized carbons (Fsp3) is 0.0833. The Hall–Kier alpha value is -1.63. The number of rotatable bonds is 2. The molecule has 74 valence electrons. The van der Waals surface area contributed by atoms with Crippen LogP contribution in [0.3, 0.4) is 0 Å². The highest BCUT2D eigenvalue weighted by Gasteiger charge is 2.09. The van der Waals surface area contributed by atoms with Crippen molar-refractivity contribution in [1.29, 1.82) is 5.26 Å². The molecule has 1 aromatic carbocycles. The number of aliphatic hydroxyl groups excluding tert-OH is 1. The molecule has 0 atom stereocenters. The fourth-order valence-electron chi connectivity index (χ4n) is 1.48. The molecule has 0 unspecified atom stereocenters. The number of thiophene rings is 1. The molecule has 1 N–H and O–H groups in total. The molecule has 0 bridgehead atoms. The summed E-state index contributed by atoms with van der Waals surface area (Å²) in [6.45, 7) is 0.0125. The summed E-state index contributed by atoms with van der Waals surface area (Å²) in [5, 5.41) is 20.1. The molecule has 2 aromatic rings. The zero-order chi connectivity index (χ0) is 10.7. The minimum absolute atomic E-state index is 0.0125. The smallest absolute Gasteiger partial charge is 0.0998 e. The maximum Gasteiger partial charge on any atom is 0.0998 e. The van der Waals surface area contributed by atoms with Crippen molar-refractivity contribution in [2.75, 3.05) is 0 Å². The van der Waals surface area contributed by atoms with Crippen LogP contribution in [0.1, 0.15) is 11.1 Å². The van der Waals surface area contributed by atoms with Crippen LogP contribution in [0.5, 0.6) is 0 Å². The van der Waals surface area contributed by atoms with Gasteiger partial charge >= 0.3 is 0 Å². The summed E-state index contributed by atoms with van der Waals surface area (Å²) >= 11 is 1.55. The number of nitrogens with zero attached hydrogens (tertiary/aromatic N) is 1. The van der Waals surface area contributed by atoms with Gasteiger partial charge in [-0.2, -0.15) is 5.26 Å². The van der Waals surface area contributed by atoms with Crippen molar-refractivity contribution < 1.29 is 5.11 Å². The molecule has 0 fully saturated rings. The summed E-state index contributed by atoms with van der Waals surface area (Å²) in [4.78, 5) is 0.981. The van der Waals surface area contributed by atoms with Gasteiger partial charge in [-0.1, -0.05) is 18.2 Å². The second-order valence-corrected chi connectivity index (χ2v) is 4.01. The van der Waals surface area contributed by atoms with E-state index in [1.807, 2.05) is 29.6 Å². The lowest BCUT2D eigenvalue weighted by molar-refractivity contribution is 0.283. The van der Waals surface area contributed by atoms with E-state index in [0.717, 1.165) is 16.0 Å². The Morgan fingerprint density at radius 1 is 1.27 bits per heavy atom. The summed E-state index contributed by atoms with van der Waals surface area (Å²) in [7, 11) is 0. The summed E-state index contributed by atoms with van der Waals surface area (Å²) in [5.41, 5.74) is 2.43. The first-order chi connectivity index (χ1) is 7.36. The van der Waals surface area contributed by atoms with Crippen LogP contribution in [-0.4, -0.2) is 5.11 Å². The minimum atomic E-state index is 0.0125. The molecule has 0 aliphatic carbocycles. The number of hydrogen-bond donors (Lipinski definition) is 1. The molecule has 3 heteroatoms. The zero-order valence-electron chi connectivity index (χ0n) is 7.97. The second-order valence-electron chi connectivity index (χ2n) is 3.09. The van der Waals surface area contributed by atoms with Crippen molar-refractivity contribution in [1.82, 2.24) is 0 Å². The topological polar surface area (TPSA) is 44.0 Å². The number of aliphatic hydroxyl groups is 1. The molecule has 1 aromatic heterocycles. The van der Waals surface area contributed by atoms with Crippen LogP contribution < -0.4 is 0 Å². The van der Waals surface area contributed by atoms with Crippen LogP contribution in [0.2, 0.25) is 0 Å². The van der Waals surface area contributed by atoms with Gasteiger partial charge in [-0.3, -0.25) is 0 Å². The third kappa shape index (κ3) is 1.78. The monoisotopic (exact) mass is 215 g/mol. The molecule has 0 saturated carbocycles. The molecular formula is C12H9NOS. The van der Waals surface area contributed by atoms with Crippen LogP contribution in [0.25, 0.3) is 10.4 Å². The Morgan fingerprint density at radius 2 is 2.07 bits per heavy atom. The Kier molecular flexibility index (Phi) is 2.82. The average molecular weight is 215 g/mol. The van der Waals surface area contributed by atoms with Gasteiger partial charge < -0.3 is 5.11 Å². The van der Waals surface area contributed by atoms with Crippen LogP contribution in [0.4, 0.5) is 0 Å². The third-order valence-corrected chi connectivity index (χ3v) is 3.20. The van der Waals surface area contributed by atoms with Crippen LogP contribution >= 0.6 is 11.3 Å². The van der Waals surface area contributed by atoms with Crippen molar-refractivity contribution in [2.24, 2.45) is 0 Å². The second kappa shape index (κ2) is 4.26. The molecule has 1 heterocycles. The van der Waals surface area contributed by atoms with E-state index in [0.29, 0.717) is 5.56 Å². The molecule has 2 rings (SSSR count). The van der Waals surface area contributed by atoms with Gasteiger partial charge in [0.25, 0.3) is 0 Å². The van der Waals surface area contributed by atoms with Crippen LogP contribution in [-0.2, 0) is 6.61 Å². The van der Waals surface area contributed by atoms with Crippen molar-refractivity contribution in [3.05, 3.63) is 46.8 Å². The normalized spacial score (nSPS) is 9.87. The lowest BCUT2D eigenvalue weighted by Gasteiger charge is -2.03. The number of benzene rings is 1. The number of hydrogen-bond acceptors (Lipinski definition) is 3. The highest BCUT2D eigenvalue weighted by atomic mass is 32.1. The minimum Gasteiger partial charge on any atom is -0.392 e. The Labute approximate surface area is 92.0 Å². The largest absolute Gasteiger partial charge is 0.392 e. The summed E-state index contributed by atoms with van der Waals surface area (Å²) < 4.78 is 0. The first-order valence-corrected chi connectivity index (χ1v) is 5.41. The predicted octanol–water partition coefficient (Wildman–Crippen LogP) is 2.78. The predicted molar refractivity (Wildman–Crippen MR) is 60.4 cm³/mol. The summed E-state index contributed by atoms with van der Waals surface area (Å²) in [5.74, 6) is 0. The van der Waals surface area contributed by atoms with Gasteiger partial charge in [0, 0.05) is 10.4 Å². The standard InChI is InChI=1S/C12H9NOS/c13-7-9-3-1-2-4-11(9)12-10(8-14)5-6-15-12/h1-6,14H,8H2. The molecule has 2 nitrogen and oxygen atoms in total. The van der Waals surface area contributed by atoms with Crippen molar-refractivity contribution in [3.8, 4) is 16.5 Å². The fourth-order valence-corrected chi connectivity index (χ4v) is 2.43. The van der Waals surface area contributed by atoms with Gasteiger partial charge in [0.2, 0.25) is 0 Å². The molecule has 0 spiro atoms. The molecular weight excluding hydrogens is 206 g/mol. The SMILES string of the molecule is N#Cc1ccccc1-c1sccc1CO. The molecule has 0 aliphatic rings. The van der Waals surface area contributed by atoms with E-state index in [1.165, 1.54) is 0 Å². The molecule has 0 radical (unpaired) electrons. The highest BCUT2D eigenvalue weighted by molar-refractivity contribution is 7.13. The van der Waals surface area contributed by atoms with E-state index >= 15 is 0 Å². The van der Waals surface area contributed by atoms with E-state index in [-0.39, 0.29) is 6.61 Å². The van der Waals surface area contributed by atoms with Crippen LogP contribution in [0, 0.1) is 11.3 Å². The first kappa shape index (κ1) is 9.91. The van der Waals surface area contributed by atoms with E-state index in [2.05, 4.69) is 6.07 Å². The quantitative estimate of drug-likeness (QED) is 0.837. The Morgan fingerprint density at radius 3 is 2.80 bits per heavy atom. The van der Waals surface area contributed by atoms with Crippen LogP contribution in [0.15, 0.2) is 35.7 Å². The third-order valence-electron chi connectivity index (χ3n) is 2.21. The summed E-state index contributed by atoms with van der Waals surface area (Å²) in [6, 6.07) is 11.5. The lowest BCUT2D eigenvalue weighted by atomic mass is 10.0. The Bertz CT molecular complexity index is 510. The van der Waals surface area contributed by atoms with E-state index in [1.54, 1.807) is 17.4 Å². The van der Waals surface area contributed by atoms with Gasteiger partial charge in [-0.15, -0.1) is 11.3 Å². The maximum absolute atomic E-state index is 9.16. The highest BCUT2D eigenvalue weighted by Crippen LogP contribution is 2.31. The van der Waals surface area contributed by atoms with Crippen molar-refractivity contribution >= 4 is 11.3 Å². The molecule has 15 heavy (non-hydrogen) atoms. The maximum atomic E-state index is 9.16.